The van der Waals surface area contributed by atoms with Gasteiger partial charge in [0.25, 0.3) is 0 Å². The summed E-state index contributed by atoms with van der Waals surface area (Å²) >= 11 is 0. The van der Waals surface area contributed by atoms with E-state index >= 15 is 0 Å². The summed E-state index contributed by atoms with van der Waals surface area (Å²) in [5.41, 5.74) is 23.4. The highest BCUT2D eigenvalue weighted by Crippen LogP contribution is 2.61. The molecule has 0 N–H and O–H groups in total. The van der Waals surface area contributed by atoms with E-state index in [1.807, 2.05) is 6.08 Å². The van der Waals surface area contributed by atoms with E-state index in [2.05, 4.69) is 322 Å². The average Bonchev–Trinajstić information content (AvgIpc) is 1.54. The van der Waals surface area contributed by atoms with Gasteiger partial charge in [0.1, 0.15) is 11.2 Å². The van der Waals surface area contributed by atoms with Crippen LogP contribution in [0.3, 0.4) is 0 Å². The molecule has 3 aliphatic carbocycles. The molecular formula is C85H70N2O. The Morgan fingerprint density at radius 1 is 0.648 bits per heavy atom. The molecule has 0 spiro atoms. The predicted octanol–water partition coefficient (Wildman–Crippen LogP) is 22.8. The molecule has 14 rings (SSSR count). The maximum atomic E-state index is 7.57. The fraction of sp³-hybridized carbons (Fsp3) is 0.106. The first kappa shape index (κ1) is 55.4. The largest absolute Gasteiger partial charge is 0.455 e. The Kier molecular flexibility index (Phi) is 15.0. The zero-order valence-corrected chi connectivity index (χ0v) is 50.3. The lowest BCUT2D eigenvalue weighted by Crippen LogP contribution is -2.36. The number of para-hydroxylation sites is 1. The topological polar surface area (TPSA) is 19.6 Å². The molecule has 0 aliphatic heterocycles. The van der Waals surface area contributed by atoms with Crippen LogP contribution in [0.2, 0.25) is 0 Å². The fourth-order valence-corrected chi connectivity index (χ4v) is 14.1. The number of anilines is 4. The van der Waals surface area contributed by atoms with Gasteiger partial charge in [-0.05, 0) is 170 Å². The summed E-state index contributed by atoms with van der Waals surface area (Å²) in [6, 6.07) is 84.7. The third-order valence-corrected chi connectivity index (χ3v) is 18.4. The van der Waals surface area contributed by atoms with Gasteiger partial charge in [-0.2, -0.15) is 0 Å². The van der Waals surface area contributed by atoms with E-state index < -0.39 is 5.41 Å². The van der Waals surface area contributed by atoms with E-state index in [-0.39, 0.29) is 6.04 Å². The molecule has 1 heterocycles. The second kappa shape index (κ2) is 23.8. The van der Waals surface area contributed by atoms with Gasteiger partial charge in [-0.3, -0.25) is 0 Å². The highest BCUT2D eigenvalue weighted by atomic mass is 16.3. The van der Waals surface area contributed by atoms with Gasteiger partial charge in [-0.15, -0.1) is 0 Å². The van der Waals surface area contributed by atoms with Crippen molar-refractivity contribution in [2.45, 2.75) is 57.9 Å². The summed E-state index contributed by atoms with van der Waals surface area (Å²) in [4.78, 5) is 5.04. The number of furan rings is 1. The molecule has 1 aromatic heterocycles. The highest BCUT2D eigenvalue weighted by Gasteiger charge is 2.49. The Morgan fingerprint density at radius 3 is 2.03 bits per heavy atom. The SMILES string of the molecule is C=Cc1cc(N(/C2=C/C3=C(C/C=C\C=C/C2=C)c2c(cc(N(c4ccc(CC)cc4)c4ccc5c(-c6ccccc6)cccc5c4)c4c2oc2ccccc24)C3(c2ccccc2)c2ccccc2)C2C=CC(CC)=CC2)ccc1/C(=C\C)c1ccccc1. The molecule has 1 atom stereocenters. The monoisotopic (exact) mass is 1130 g/mol. The molecule has 0 saturated carbocycles. The van der Waals surface area contributed by atoms with Crippen molar-refractivity contribution in [1.29, 1.82) is 0 Å². The van der Waals surface area contributed by atoms with E-state index in [0.717, 1.165) is 114 Å². The molecule has 3 aliphatic rings. The molecule has 11 aromatic rings. The Hall–Kier alpha value is -10.5. The number of hydrogen-bond donors (Lipinski definition) is 0. The Bertz CT molecular complexity index is 4680. The fourth-order valence-electron chi connectivity index (χ4n) is 14.1. The zero-order valence-electron chi connectivity index (χ0n) is 50.3. The van der Waals surface area contributed by atoms with Crippen LogP contribution in [0.1, 0.15) is 84.5 Å². The van der Waals surface area contributed by atoms with Crippen LogP contribution in [0.5, 0.6) is 0 Å². The first-order valence-corrected chi connectivity index (χ1v) is 31.1. The molecule has 0 amide bonds. The third-order valence-electron chi connectivity index (χ3n) is 18.4. The number of fused-ring (bicyclic) bond motifs is 7. The van der Waals surface area contributed by atoms with Crippen LogP contribution in [0.15, 0.2) is 325 Å². The standard InChI is InChI=1S/C85H70N2O/c1-6-59-42-46-67(47-43-59)86(69-50-52-73(61(8-3)54-69)71(9-4)62-29-16-11-17-30-62)79-56-77-75(38-24-10-15-28-58(79)5)82-78(85(77,65-34-20-13-21-35-65)66-36-22-14-23-37-66)57-80(83-76-39-25-26-41-81(76)88-84(82)83)87(68-48-44-60(7-2)45-49-68)70-51-53-74-64(55-70)33-27-40-72(74)63-31-18-12-19-32-63/h8-37,39-46,48-57,67H,3,5-7,38,47H2,1-2,4H3/b24-10-,28-15-,71-9-,79-56+. The Balaban J connectivity index is 1.08. The summed E-state index contributed by atoms with van der Waals surface area (Å²) in [5, 5.41) is 4.48. The van der Waals surface area contributed by atoms with E-state index in [1.165, 1.54) is 49.9 Å². The third kappa shape index (κ3) is 9.65. The van der Waals surface area contributed by atoms with E-state index in [1.54, 1.807) is 0 Å². The highest BCUT2D eigenvalue weighted by molar-refractivity contribution is 6.18. The summed E-state index contributed by atoms with van der Waals surface area (Å²) < 4.78 is 7.57. The minimum absolute atomic E-state index is 0.0493. The molecule has 0 saturated heterocycles. The number of aryl methyl sites for hydroxylation is 1. The maximum absolute atomic E-state index is 7.57. The zero-order chi connectivity index (χ0) is 59.7. The van der Waals surface area contributed by atoms with Gasteiger partial charge in [-0.25, -0.2) is 0 Å². The van der Waals surface area contributed by atoms with Crippen molar-refractivity contribution in [3.05, 3.63) is 365 Å². The van der Waals surface area contributed by atoms with Crippen LogP contribution in [0, 0.1) is 0 Å². The smallest absolute Gasteiger partial charge is 0.145 e. The van der Waals surface area contributed by atoms with Crippen LogP contribution < -0.4 is 9.80 Å². The minimum atomic E-state index is -0.890. The normalized spacial score (nSPS) is 16.8. The maximum Gasteiger partial charge on any atom is 0.145 e. The van der Waals surface area contributed by atoms with Crippen molar-refractivity contribution in [2.24, 2.45) is 0 Å². The predicted molar refractivity (Wildman–Crippen MR) is 375 cm³/mol. The Morgan fingerprint density at radius 2 is 1.34 bits per heavy atom. The summed E-state index contributed by atoms with van der Waals surface area (Å²) in [7, 11) is 0. The Labute approximate surface area is 518 Å². The lowest BCUT2D eigenvalue weighted by atomic mass is 9.66. The lowest BCUT2D eigenvalue weighted by molar-refractivity contribution is 0.665. The van der Waals surface area contributed by atoms with Gasteiger partial charge in [0, 0.05) is 33.7 Å². The van der Waals surface area contributed by atoms with Crippen LogP contribution >= 0.6 is 0 Å². The number of allylic oxidation sites excluding steroid dienone is 10. The van der Waals surface area contributed by atoms with E-state index in [4.69, 9.17) is 11.0 Å². The molecular weight excluding hydrogens is 1060 g/mol. The number of rotatable bonds is 14. The average molecular weight is 1140 g/mol. The quantitative estimate of drug-likeness (QED) is 0.108. The first-order valence-electron chi connectivity index (χ1n) is 31.1. The van der Waals surface area contributed by atoms with Crippen molar-refractivity contribution in [1.82, 2.24) is 0 Å². The van der Waals surface area contributed by atoms with E-state index in [9.17, 15) is 0 Å². The lowest BCUT2D eigenvalue weighted by Gasteiger charge is -2.39. The molecule has 1 unspecified atom stereocenters. The number of benzene rings is 10. The summed E-state index contributed by atoms with van der Waals surface area (Å²) in [6.45, 7) is 16.1. The molecule has 3 nitrogen and oxygen atoms in total. The second-order valence-corrected chi connectivity index (χ2v) is 23.2. The first-order chi connectivity index (χ1) is 43.4. The molecule has 0 fully saturated rings. The van der Waals surface area contributed by atoms with Gasteiger partial charge < -0.3 is 14.2 Å². The molecule has 3 heteroatoms. The van der Waals surface area contributed by atoms with E-state index in [0.29, 0.717) is 6.42 Å². The number of hydrogen-bond acceptors (Lipinski definition) is 3. The van der Waals surface area contributed by atoms with Crippen LogP contribution in [0.4, 0.5) is 22.7 Å². The summed E-state index contributed by atoms with van der Waals surface area (Å²) in [6.07, 6.45) is 26.1. The second-order valence-electron chi connectivity index (χ2n) is 23.2. The minimum Gasteiger partial charge on any atom is -0.455 e. The molecule has 0 radical (unpaired) electrons. The summed E-state index contributed by atoms with van der Waals surface area (Å²) in [5.74, 6) is 0. The molecule has 0 bridgehead atoms. The van der Waals surface area contributed by atoms with Gasteiger partial charge in [0.15, 0.2) is 0 Å². The molecule has 426 valence electrons. The number of nitrogens with zero attached hydrogens (tertiary/aromatic N) is 2. The van der Waals surface area contributed by atoms with Gasteiger partial charge in [0.2, 0.25) is 0 Å². The van der Waals surface area contributed by atoms with Crippen LogP contribution in [-0.2, 0) is 11.8 Å². The van der Waals surface area contributed by atoms with Crippen molar-refractivity contribution >= 4 is 72.7 Å². The van der Waals surface area contributed by atoms with Crippen molar-refractivity contribution < 1.29 is 4.42 Å². The van der Waals surface area contributed by atoms with Crippen LogP contribution in [-0.4, -0.2) is 6.04 Å². The van der Waals surface area contributed by atoms with Crippen molar-refractivity contribution in [2.75, 3.05) is 9.80 Å². The van der Waals surface area contributed by atoms with Crippen LogP contribution in [0.25, 0.3) is 61.1 Å². The van der Waals surface area contributed by atoms with Gasteiger partial charge in [0.05, 0.1) is 22.5 Å². The van der Waals surface area contributed by atoms with Crippen molar-refractivity contribution in [3.63, 3.8) is 0 Å². The molecule has 88 heavy (non-hydrogen) atoms. The van der Waals surface area contributed by atoms with Crippen molar-refractivity contribution in [3.8, 4) is 11.1 Å². The van der Waals surface area contributed by atoms with Gasteiger partial charge in [-0.1, -0.05) is 269 Å². The molecule has 10 aromatic carbocycles. The van der Waals surface area contributed by atoms with Gasteiger partial charge >= 0.3 is 0 Å².